The van der Waals surface area contributed by atoms with Crippen LogP contribution in [0.25, 0.3) is 0 Å². The smallest absolute Gasteiger partial charge is 0.191 e. The molecule has 138 valence electrons. The Kier molecular flexibility index (Phi) is 6.74. The summed E-state index contributed by atoms with van der Waals surface area (Å²) in [7, 11) is 4.11. The molecule has 1 atom stereocenters. The van der Waals surface area contributed by atoms with Crippen molar-refractivity contribution in [3.8, 4) is 0 Å². The van der Waals surface area contributed by atoms with Crippen LogP contribution in [0, 0.1) is 5.92 Å². The third kappa shape index (κ3) is 5.46. The number of nitrogens with zero attached hydrogens (tertiary/aromatic N) is 2. The highest BCUT2D eigenvalue weighted by Crippen LogP contribution is 2.32. The van der Waals surface area contributed by atoms with Gasteiger partial charge >= 0.3 is 0 Å². The van der Waals surface area contributed by atoms with Crippen LogP contribution in [0.2, 0.25) is 0 Å². The minimum atomic E-state index is 0.556. The van der Waals surface area contributed by atoms with Gasteiger partial charge < -0.3 is 15.5 Å². The van der Waals surface area contributed by atoms with Gasteiger partial charge in [-0.25, -0.2) is 0 Å². The van der Waals surface area contributed by atoms with Crippen molar-refractivity contribution in [3.63, 3.8) is 0 Å². The lowest BCUT2D eigenvalue weighted by molar-refractivity contribution is 0.210. The highest BCUT2D eigenvalue weighted by Gasteiger charge is 2.23. The first kappa shape index (κ1) is 18.2. The number of hydrogen-bond donors (Lipinski definition) is 2. The molecule has 3 rings (SSSR count). The summed E-state index contributed by atoms with van der Waals surface area (Å²) in [6, 6.07) is 11.5. The molecule has 1 aliphatic heterocycles. The summed E-state index contributed by atoms with van der Waals surface area (Å²) in [4.78, 5) is 6.88. The number of rotatable bonds is 4. The normalized spacial score (nSPS) is 28.6. The molecule has 2 N–H and O–H groups in total. The molecular formula is C21H34N4. The number of nitrogens with one attached hydrogen (secondary N) is 2. The first-order valence-corrected chi connectivity index (χ1v) is 9.95. The van der Waals surface area contributed by atoms with E-state index in [2.05, 4.69) is 57.9 Å². The Morgan fingerprint density at radius 1 is 1.12 bits per heavy atom. The molecule has 0 aromatic heterocycles. The molecule has 4 nitrogen and oxygen atoms in total. The van der Waals surface area contributed by atoms with Crippen LogP contribution in [0.3, 0.4) is 0 Å². The third-order valence-electron chi connectivity index (χ3n) is 5.84. The average Bonchev–Trinajstić information content (AvgIpc) is 2.66. The van der Waals surface area contributed by atoms with Crippen LogP contribution in [0.5, 0.6) is 0 Å². The van der Waals surface area contributed by atoms with Crippen molar-refractivity contribution in [1.29, 1.82) is 0 Å². The molecule has 2 fully saturated rings. The van der Waals surface area contributed by atoms with Gasteiger partial charge in [-0.05, 0) is 69.5 Å². The summed E-state index contributed by atoms with van der Waals surface area (Å²) in [5, 5.41) is 7.22. The van der Waals surface area contributed by atoms with Gasteiger partial charge in [-0.1, -0.05) is 30.3 Å². The fraction of sp³-hybridized carbons (Fsp3) is 0.667. The lowest BCUT2D eigenvalue weighted by atomic mass is 9.82. The predicted molar refractivity (Wildman–Crippen MR) is 106 cm³/mol. The molecule has 4 heteroatoms. The number of guanidine groups is 1. The van der Waals surface area contributed by atoms with Crippen LogP contribution in [0.15, 0.2) is 35.3 Å². The standard InChI is InChI=1S/C21H34N4/c1-22-21(23-15-17-7-6-14-25(2)16-17)24-20-12-10-19(11-13-20)18-8-4-3-5-9-18/h3-5,8-9,17,19-20H,6-7,10-16H2,1-2H3,(H2,22,23,24). The van der Waals surface area contributed by atoms with E-state index in [4.69, 9.17) is 0 Å². The van der Waals surface area contributed by atoms with Crippen molar-refractivity contribution in [1.82, 2.24) is 15.5 Å². The van der Waals surface area contributed by atoms with Gasteiger partial charge in [-0.15, -0.1) is 0 Å². The van der Waals surface area contributed by atoms with Gasteiger partial charge in [0, 0.05) is 26.2 Å². The minimum Gasteiger partial charge on any atom is -0.356 e. The number of piperidine rings is 1. The van der Waals surface area contributed by atoms with Crippen LogP contribution in [-0.2, 0) is 0 Å². The van der Waals surface area contributed by atoms with Gasteiger partial charge in [0.25, 0.3) is 0 Å². The Morgan fingerprint density at radius 3 is 2.56 bits per heavy atom. The Hall–Kier alpha value is -1.55. The van der Waals surface area contributed by atoms with E-state index in [0.717, 1.165) is 24.3 Å². The summed E-state index contributed by atoms with van der Waals surface area (Å²) in [6.45, 7) is 3.48. The minimum absolute atomic E-state index is 0.556. The van der Waals surface area contributed by atoms with Crippen LogP contribution < -0.4 is 10.6 Å². The van der Waals surface area contributed by atoms with Gasteiger partial charge in [0.2, 0.25) is 0 Å². The molecule has 1 saturated heterocycles. The second-order valence-electron chi connectivity index (χ2n) is 7.83. The zero-order valence-corrected chi connectivity index (χ0v) is 15.9. The Balaban J connectivity index is 1.41. The van der Waals surface area contributed by atoms with E-state index < -0.39 is 0 Å². The second-order valence-corrected chi connectivity index (χ2v) is 7.83. The topological polar surface area (TPSA) is 39.7 Å². The van der Waals surface area contributed by atoms with Gasteiger partial charge in [0.05, 0.1) is 0 Å². The lowest BCUT2D eigenvalue weighted by Crippen LogP contribution is -2.47. The molecule has 1 heterocycles. The first-order valence-electron chi connectivity index (χ1n) is 9.95. The maximum atomic E-state index is 4.44. The highest BCUT2D eigenvalue weighted by molar-refractivity contribution is 5.79. The molecule has 1 aromatic carbocycles. The zero-order valence-electron chi connectivity index (χ0n) is 15.9. The largest absolute Gasteiger partial charge is 0.356 e. The van der Waals surface area contributed by atoms with Crippen LogP contribution in [0.1, 0.15) is 50.0 Å². The average molecular weight is 343 g/mol. The van der Waals surface area contributed by atoms with Crippen molar-refractivity contribution >= 4 is 5.96 Å². The van der Waals surface area contributed by atoms with Crippen molar-refractivity contribution in [3.05, 3.63) is 35.9 Å². The molecule has 1 aliphatic carbocycles. The molecule has 25 heavy (non-hydrogen) atoms. The second kappa shape index (κ2) is 9.23. The molecule has 0 radical (unpaired) electrons. The number of aliphatic imine (C=N–C) groups is 1. The third-order valence-corrected chi connectivity index (χ3v) is 5.84. The molecule has 2 aliphatic rings. The van der Waals surface area contributed by atoms with Gasteiger partial charge in [0.1, 0.15) is 0 Å². The maximum Gasteiger partial charge on any atom is 0.191 e. The Bertz CT molecular complexity index is 534. The highest BCUT2D eigenvalue weighted by atomic mass is 15.2. The fourth-order valence-corrected chi connectivity index (χ4v) is 4.37. The van der Waals surface area contributed by atoms with Crippen LogP contribution >= 0.6 is 0 Å². The Labute approximate surface area is 153 Å². The van der Waals surface area contributed by atoms with E-state index in [1.54, 1.807) is 0 Å². The quantitative estimate of drug-likeness (QED) is 0.652. The molecule has 0 spiro atoms. The van der Waals surface area contributed by atoms with E-state index in [0.29, 0.717) is 6.04 Å². The van der Waals surface area contributed by atoms with Crippen molar-refractivity contribution < 1.29 is 0 Å². The summed E-state index contributed by atoms with van der Waals surface area (Å²) >= 11 is 0. The SMILES string of the molecule is CN=C(NCC1CCCN(C)C1)NC1CCC(c2ccccc2)CC1. The van der Waals surface area contributed by atoms with E-state index in [-0.39, 0.29) is 0 Å². The predicted octanol–water partition coefficient (Wildman–Crippen LogP) is 3.22. The number of benzene rings is 1. The molecule has 1 unspecified atom stereocenters. The fourth-order valence-electron chi connectivity index (χ4n) is 4.37. The monoisotopic (exact) mass is 342 g/mol. The molecule has 1 saturated carbocycles. The number of hydrogen-bond acceptors (Lipinski definition) is 2. The van der Waals surface area contributed by atoms with Gasteiger partial charge in [0.15, 0.2) is 5.96 Å². The summed E-state index contributed by atoms with van der Waals surface area (Å²) in [6.07, 6.45) is 7.64. The summed E-state index contributed by atoms with van der Waals surface area (Å²) < 4.78 is 0. The Morgan fingerprint density at radius 2 is 1.88 bits per heavy atom. The van der Waals surface area contributed by atoms with E-state index >= 15 is 0 Å². The van der Waals surface area contributed by atoms with Crippen LogP contribution in [-0.4, -0.2) is 50.6 Å². The lowest BCUT2D eigenvalue weighted by Gasteiger charge is -2.32. The van der Waals surface area contributed by atoms with Crippen molar-refractivity contribution in [2.75, 3.05) is 33.7 Å². The van der Waals surface area contributed by atoms with Gasteiger partial charge in [-0.3, -0.25) is 4.99 Å². The van der Waals surface area contributed by atoms with Gasteiger partial charge in [-0.2, -0.15) is 0 Å². The van der Waals surface area contributed by atoms with E-state index in [1.165, 1.54) is 57.2 Å². The summed E-state index contributed by atoms with van der Waals surface area (Å²) in [5.74, 6) is 2.45. The van der Waals surface area contributed by atoms with Crippen molar-refractivity contribution in [2.24, 2.45) is 10.9 Å². The summed E-state index contributed by atoms with van der Waals surface area (Å²) in [5.41, 5.74) is 1.50. The van der Waals surface area contributed by atoms with E-state index in [9.17, 15) is 0 Å². The molecular weight excluding hydrogens is 308 g/mol. The first-order chi connectivity index (χ1) is 12.2. The molecule has 0 bridgehead atoms. The molecule has 1 aromatic rings. The van der Waals surface area contributed by atoms with Crippen molar-refractivity contribution in [2.45, 2.75) is 50.5 Å². The maximum absolute atomic E-state index is 4.44. The van der Waals surface area contributed by atoms with Crippen LogP contribution in [0.4, 0.5) is 0 Å². The molecule has 0 amide bonds. The number of likely N-dealkylation sites (tertiary alicyclic amines) is 1. The zero-order chi connectivity index (χ0) is 17.5. The van der Waals surface area contributed by atoms with E-state index in [1.807, 2.05) is 7.05 Å².